The molecule has 4 nitrogen and oxygen atoms in total. The van der Waals surface area contributed by atoms with Gasteiger partial charge in [-0.25, -0.2) is 4.39 Å². The molecule has 0 radical (unpaired) electrons. The maximum Gasteiger partial charge on any atom is 0.241 e. The smallest absolute Gasteiger partial charge is 0.241 e. The maximum absolute atomic E-state index is 12.4. The number of nitrogens with one attached hydrogen (secondary N) is 2. The summed E-state index contributed by atoms with van der Waals surface area (Å²) in [5, 5.41) is 6.40. The highest BCUT2D eigenvalue weighted by atomic mass is 35.5. The molecule has 2 aliphatic rings. The number of fused-ring (bicyclic) bond motifs is 1. The summed E-state index contributed by atoms with van der Waals surface area (Å²) in [6, 6.07) is 7.50. The number of alkyl halides is 1. The zero-order valence-corrected chi connectivity index (χ0v) is 13.9. The summed E-state index contributed by atoms with van der Waals surface area (Å²) in [5.41, 5.74) is 0.693. The number of rotatable bonds is 5. The second kappa shape index (κ2) is 8.50. The summed E-state index contributed by atoms with van der Waals surface area (Å²) in [4.78, 5) is 12.4. The monoisotopic (exact) mass is 342 g/mol. The summed E-state index contributed by atoms with van der Waals surface area (Å²) in [6.07, 6.45) is 5.88. The highest BCUT2D eigenvalue weighted by Crippen LogP contribution is 2.33. The highest BCUT2D eigenvalue weighted by Gasteiger charge is 2.38. The molecule has 3 unspecified atom stereocenters. The molecule has 1 aromatic rings. The molecular formula is C17H24ClFN2O2. The van der Waals surface area contributed by atoms with Gasteiger partial charge in [-0.05, 0) is 37.3 Å². The van der Waals surface area contributed by atoms with Crippen molar-refractivity contribution in [3.63, 3.8) is 0 Å². The molecular weight excluding hydrogens is 319 g/mol. The van der Waals surface area contributed by atoms with E-state index in [1.165, 1.54) is 25.7 Å². The number of hydrogen-bond donors (Lipinski definition) is 2. The summed E-state index contributed by atoms with van der Waals surface area (Å²) < 4.78 is 17.4. The molecule has 128 valence electrons. The molecule has 2 N–H and O–H groups in total. The minimum Gasteiger partial charge on any atom is -0.491 e. The van der Waals surface area contributed by atoms with Crippen LogP contribution in [0.3, 0.4) is 0 Å². The fourth-order valence-electron chi connectivity index (χ4n) is 3.57. The van der Waals surface area contributed by atoms with Gasteiger partial charge in [0.1, 0.15) is 19.0 Å². The largest absolute Gasteiger partial charge is 0.491 e. The molecule has 1 aliphatic carbocycles. The van der Waals surface area contributed by atoms with Gasteiger partial charge in [0.25, 0.3) is 0 Å². The number of hydrogen-bond acceptors (Lipinski definition) is 3. The Hall–Kier alpha value is -1.33. The van der Waals surface area contributed by atoms with Gasteiger partial charge in [-0.3, -0.25) is 4.79 Å². The predicted octanol–water partition coefficient (Wildman–Crippen LogP) is 3.32. The number of carbonyl (C=O) groups excluding carboxylic acids is 1. The van der Waals surface area contributed by atoms with Crippen molar-refractivity contribution in [1.82, 2.24) is 5.32 Å². The maximum atomic E-state index is 12.4. The van der Waals surface area contributed by atoms with Crippen molar-refractivity contribution in [2.24, 2.45) is 5.92 Å². The lowest BCUT2D eigenvalue weighted by atomic mass is 9.85. The van der Waals surface area contributed by atoms with Gasteiger partial charge in [0.15, 0.2) is 0 Å². The summed E-state index contributed by atoms with van der Waals surface area (Å²) >= 11 is 0. The molecule has 2 fully saturated rings. The van der Waals surface area contributed by atoms with Crippen molar-refractivity contribution in [1.29, 1.82) is 0 Å². The van der Waals surface area contributed by atoms with Gasteiger partial charge in [-0.2, -0.15) is 0 Å². The van der Waals surface area contributed by atoms with E-state index in [4.69, 9.17) is 4.74 Å². The first-order valence-electron chi connectivity index (χ1n) is 8.12. The zero-order chi connectivity index (χ0) is 15.4. The Bertz CT molecular complexity index is 515. The molecule has 1 saturated heterocycles. The van der Waals surface area contributed by atoms with Gasteiger partial charge in [0.05, 0.1) is 6.04 Å². The summed E-state index contributed by atoms with van der Waals surface area (Å²) in [7, 11) is 0. The molecule has 6 heteroatoms. The number of amides is 1. The standard InChI is InChI=1S/C17H23FN2O2.ClH/c18-8-9-22-14-6-3-5-13(11-14)19-17(21)16-10-12-4-1-2-7-15(12)20-16;/h3,5-6,11-12,15-16,20H,1-2,4,7-10H2,(H,19,21);1H. The third-order valence-electron chi connectivity index (χ3n) is 4.63. The normalized spacial score (nSPS) is 26.0. The molecule has 1 aromatic carbocycles. The number of carbonyl (C=O) groups is 1. The lowest BCUT2D eigenvalue weighted by molar-refractivity contribution is -0.117. The van der Waals surface area contributed by atoms with Crippen LogP contribution in [0.1, 0.15) is 32.1 Å². The zero-order valence-electron chi connectivity index (χ0n) is 13.1. The second-order valence-corrected chi connectivity index (χ2v) is 6.16. The molecule has 1 aliphatic heterocycles. The van der Waals surface area contributed by atoms with E-state index in [1.54, 1.807) is 18.2 Å². The van der Waals surface area contributed by atoms with E-state index in [0.29, 0.717) is 23.4 Å². The third kappa shape index (κ3) is 4.58. The average molecular weight is 343 g/mol. The third-order valence-corrected chi connectivity index (χ3v) is 4.63. The van der Waals surface area contributed by atoms with E-state index in [0.717, 1.165) is 6.42 Å². The lowest BCUT2D eigenvalue weighted by Gasteiger charge is -2.24. The van der Waals surface area contributed by atoms with Crippen LogP contribution in [0.2, 0.25) is 0 Å². The Labute approximate surface area is 142 Å². The van der Waals surface area contributed by atoms with Gasteiger partial charge < -0.3 is 15.4 Å². The summed E-state index contributed by atoms with van der Waals surface area (Å²) in [5.74, 6) is 1.23. The molecule has 0 bridgehead atoms. The van der Waals surface area contributed by atoms with Crippen LogP contribution in [0, 0.1) is 5.92 Å². The van der Waals surface area contributed by atoms with E-state index in [1.807, 2.05) is 6.07 Å². The molecule has 23 heavy (non-hydrogen) atoms. The van der Waals surface area contributed by atoms with Gasteiger partial charge in [0.2, 0.25) is 5.91 Å². The second-order valence-electron chi connectivity index (χ2n) is 6.16. The number of benzene rings is 1. The first-order valence-corrected chi connectivity index (χ1v) is 8.12. The SMILES string of the molecule is Cl.O=C(Nc1cccc(OCCF)c1)C1CC2CCCCC2N1. The van der Waals surface area contributed by atoms with Crippen LogP contribution >= 0.6 is 12.4 Å². The molecule has 0 aromatic heterocycles. The lowest BCUT2D eigenvalue weighted by Crippen LogP contribution is -2.39. The molecule has 0 spiro atoms. The molecule has 1 amide bonds. The van der Waals surface area contributed by atoms with E-state index in [9.17, 15) is 9.18 Å². The molecule has 1 heterocycles. The van der Waals surface area contributed by atoms with E-state index >= 15 is 0 Å². The minimum atomic E-state index is -0.522. The van der Waals surface area contributed by atoms with Crippen molar-refractivity contribution in [3.05, 3.63) is 24.3 Å². The Balaban J connectivity index is 0.00000192. The van der Waals surface area contributed by atoms with E-state index in [2.05, 4.69) is 10.6 Å². The van der Waals surface area contributed by atoms with E-state index in [-0.39, 0.29) is 31.0 Å². The van der Waals surface area contributed by atoms with Crippen LogP contribution in [0.15, 0.2) is 24.3 Å². The van der Waals surface area contributed by atoms with Crippen molar-refractivity contribution in [2.45, 2.75) is 44.2 Å². The quantitative estimate of drug-likeness (QED) is 0.863. The first-order chi connectivity index (χ1) is 10.8. The molecule has 3 rings (SSSR count). The Kier molecular flexibility index (Phi) is 6.66. The van der Waals surface area contributed by atoms with Crippen molar-refractivity contribution in [2.75, 3.05) is 18.6 Å². The average Bonchev–Trinajstić information content (AvgIpc) is 2.97. The predicted molar refractivity (Wildman–Crippen MR) is 91.1 cm³/mol. The van der Waals surface area contributed by atoms with Crippen LogP contribution < -0.4 is 15.4 Å². The number of ether oxygens (including phenoxy) is 1. The van der Waals surface area contributed by atoms with E-state index < -0.39 is 6.67 Å². The topological polar surface area (TPSA) is 50.4 Å². The minimum absolute atomic E-state index is 0. The Morgan fingerprint density at radius 1 is 1.35 bits per heavy atom. The highest BCUT2D eigenvalue weighted by molar-refractivity contribution is 5.95. The van der Waals surface area contributed by atoms with Crippen molar-refractivity contribution >= 4 is 24.0 Å². The van der Waals surface area contributed by atoms with Crippen LogP contribution in [0.25, 0.3) is 0 Å². The number of halogens is 2. The van der Waals surface area contributed by atoms with Gasteiger partial charge in [-0.15, -0.1) is 12.4 Å². The fourth-order valence-corrected chi connectivity index (χ4v) is 3.57. The van der Waals surface area contributed by atoms with Gasteiger partial charge >= 0.3 is 0 Å². The fraction of sp³-hybridized carbons (Fsp3) is 0.588. The molecule has 1 saturated carbocycles. The van der Waals surface area contributed by atoms with Crippen LogP contribution in [0.4, 0.5) is 10.1 Å². The van der Waals surface area contributed by atoms with Crippen molar-refractivity contribution in [3.8, 4) is 5.75 Å². The number of anilines is 1. The van der Waals surface area contributed by atoms with Crippen LogP contribution in [-0.2, 0) is 4.79 Å². The van der Waals surface area contributed by atoms with Crippen LogP contribution in [-0.4, -0.2) is 31.3 Å². The summed E-state index contributed by atoms with van der Waals surface area (Å²) in [6.45, 7) is -0.490. The Morgan fingerprint density at radius 2 is 2.17 bits per heavy atom. The molecule has 3 atom stereocenters. The Morgan fingerprint density at radius 3 is 2.96 bits per heavy atom. The van der Waals surface area contributed by atoms with Crippen molar-refractivity contribution < 1.29 is 13.9 Å². The first kappa shape index (κ1) is 18.0. The van der Waals surface area contributed by atoms with Gasteiger partial charge in [0, 0.05) is 17.8 Å². The van der Waals surface area contributed by atoms with Crippen LogP contribution in [0.5, 0.6) is 5.75 Å². The van der Waals surface area contributed by atoms with Gasteiger partial charge in [-0.1, -0.05) is 18.9 Å².